The van der Waals surface area contributed by atoms with Gasteiger partial charge in [-0.3, -0.25) is 4.99 Å². The Morgan fingerprint density at radius 1 is 1.33 bits per heavy atom. The second kappa shape index (κ2) is 12.0. The number of halogens is 2. The van der Waals surface area contributed by atoms with Gasteiger partial charge in [0.2, 0.25) is 0 Å². The van der Waals surface area contributed by atoms with Crippen LogP contribution in [0.2, 0.25) is 0 Å². The molecule has 0 atom stereocenters. The number of thiophene rings is 1. The van der Waals surface area contributed by atoms with E-state index in [1.807, 2.05) is 11.3 Å². The fourth-order valence-electron chi connectivity index (χ4n) is 2.14. The first-order valence-corrected chi connectivity index (χ1v) is 9.75. The molecule has 0 amide bonds. The molecule has 0 fully saturated rings. The molecule has 0 aliphatic rings. The molecule has 134 valence electrons. The predicted molar refractivity (Wildman–Crippen MR) is 120 cm³/mol. The number of nitrogens with zero attached hydrogens (tertiary/aromatic N) is 4. The third-order valence-electron chi connectivity index (χ3n) is 3.26. The van der Waals surface area contributed by atoms with Crippen LogP contribution < -0.4 is 10.6 Å². The first-order chi connectivity index (χ1) is 11.2. The van der Waals surface area contributed by atoms with Crippen molar-refractivity contribution in [3.05, 3.63) is 32.0 Å². The van der Waals surface area contributed by atoms with Gasteiger partial charge >= 0.3 is 0 Å². The number of rotatable bonds is 8. The standard InChI is InChI=1S/C15H23IN6S.HI/c1-3-14-21-20-11-22(14)10-9-19-15(17-4-2)18-8-7-12-5-6-13(16)23-12;/h5-6,11H,3-4,7-10H2,1-2H3,(H2,17,18,19);1H. The summed E-state index contributed by atoms with van der Waals surface area (Å²) in [6, 6.07) is 4.33. The molecule has 0 bridgehead atoms. The minimum absolute atomic E-state index is 0. The van der Waals surface area contributed by atoms with Gasteiger partial charge in [0.25, 0.3) is 0 Å². The molecular formula is C15H24I2N6S. The lowest BCUT2D eigenvalue weighted by Crippen LogP contribution is -2.39. The summed E-state index contributed by atoms with van der Waals surface area (Å²) in [7, 11) is 0. The molecule has 0 aliphatic carbocycles. The highest BCUT2D eigenvalue weighted by atomic mass is 127. The van der Waals surface area contributed by atoms with Crippen LogP contribution >= 0.6 is 57.9 Å². The fraction of sp³-hybridized carbons (Fsp3) is 0.533. The Morgan fingerprint density at radius 3 is 2.83 bits per heavy atom. The van der Waals surface area contributed by atoms with E-state index in [1.54, 1.807) is 6.33 Å². The number of nitrogens with one attached hydrogen (secondary N) is 2. The highest BCUT2D eigenvalue weighted by Crippen LogP contribution is 2.18. The van der Waals surface area contributed by atoms with E-state index in [4.69, 9.17) is 0 Å². The van der Waals surface area contributed by atoms with Gasteiger partial charge in [-0.15, -0.1) is 45.5 Å². The van der Waals surface area contributed by atoms with Gasteiger partial charge in [-0.2, -0.15) is 0 Å². The Labute approximate surface area is 178 Å². The van der Waals surface area contributed by atoms with Crippen molar-refractivity contribution in [2.75, 3.05) is 19.6 Å². The zero-order valence-corrected chi connectivity index (χ0v) is 19.3. The molecule has 2 N–H and O–H groups in total. The number of aromatic nitrogens is 3. The first-order valence-electron chi connectivity index (χ1n) is 7.86. The third-order valence-corrected chi connectivity index (χ3v) is 5.21. The van der Waals surface area contributed by atoms with Crippen molar-refractivity contribution in [1.82, 2.24) is 25.4 Å². The summed E-state index contributed by atoms with van der Waals surface area (Å²) in [4.78, 5) is 6.02. The van der Waals surface area contributed by atoms with Crippen molar-refractivity contribution < 1.29 is 0 Å². The largest absolute Gasteiger partial charge is 0.357 e. The molecule has 0 saturated heterocycles. The van der Waals surface area contributed by atoms with E-state index >= 15 is 0 Å². The summed E-state index contributed by atoms with van der Waals surface area (Å²) in [5.74, 6) is 1.88. The predicted octanol–water partition coefficient (Wildman–Crippen LogP) is 2.92. The van der Waals surface area contributed by atoms with E-state index in [0.717, 1.165) is 50.8 Å². The molecule has 2 aromatic rings. The quantitative estimate of drug-likeness (QED) is 0.289. The number of aliphatic imine (C=N–C) groups is 1. The normalized spacial score (nSPS) is 11.2. The molecule has 6 nitrogen and oxygen atoms in total. The van der Waals surface area contributed by atoms with E-state index in [0.29, 0.717) is 0 Å². The van der Waals surface area contributed by atoms with E-state index in [-0.39, 0.29) is 24.0 Å². The van der Waals surface area contributed by atoms with Crippen LogP contribution in [-0.2, 0) is 19.4 Å². The molecule has 2 heterocycles. The number of hydrogen-bond acceptors (Lipinski definition) is 4. The molecule has 9 heteroatoms. The van der Waals surface area contributed by atoms with E-state index in [2.05, 4.69) is 79.0 Å². The van der Waals surface area contributed by atoms with Crippen LogP contribution in [0.1, 0.15) is 24.5 Å². The lowest BCUT2D eigenvalue weighted by Gasteiger charge is -2.12. The Kier molecular flexibility index (Phi) is 10.8. The Hall–Kier alpha value is -0.430. The van der Waals surface area contributed by atoms with Crippen molar-refractivity contribution in [1.29, 1.82) is 0 Å². The van der Waals surface area contributed by atoms with Crippen LogP contribution in [0.3, 0.4) is 0 Å². The average molecular weight is 574 g/mol. The summed E-state index contributed by atoms with van der Waals surface area (Å²) < 4.78 is 3.40. The van der Waals surface area contributed by atoms with Gasteiger partial charge in [0.05, 0.1) is 2.88 Å². The molecule has 0 saturated carbocycles. The summed E-state index contributed by atoms with van der Waals surface area (Å²) in [6.45, 7) is 7.45. The lowest BCUT2D eigenvalue weighted by molar-refractivity contribution is 0.632. The number of hydrogen-bond donors (Lipinski definition) is 2. The van der Waals surface area contributed by atoms with Crippen LogP contribution in [0.25, 0.3) is 0 Å². The van der Waals surface area contributed by atoms with E-state index in [1.165, 1.54) is 7.76 Å². The molecule has 0 aliphatic heterocycles. The van der Waals surface area contributed by atoms with Gasteiger partial charge in [0, 0.05) is 43.9 Å². The summed E-state index contributed by atoms with van der Waals surface area (Å²) in [5, 5.41) is 14.7. The van der Waals surface area contributed by atoms with E-state index in [9.17, 15) is 0 Å². The van der Waals surface area contributed by atoms with Crippen molar-refractivity contribution in [2.45, 2.75) is 33.2 Å². The maximum atomic E-state index is 4.64. The molecule has 2 aromatic heterocycles. The maximum Gasteiger partial charge on any atom is 0.191 e. The molecular weight excluding hydrogens is 550 g/mol. The van der Waals surface area contributed by atoms with Gasteiger partial charge < -0.3 is 15.2 Å². The van der Waals surface area contributed by atoms with Crippen molar-refractivity contribution >= 4 is 63.9 Å². The second-order valence-corrected chi connectivity index (χ2v) is 8.00. The fourth-order valence-corrected chi connectivity index (χ4v) is 3.88. The summed E-state index contributed by atoms with van der Waals surface area (Å²) >= 11 is 4.19. The monoisotopic (exact) mass is 574 g/mol. The van der Waals surface area contributed by atoms with Gasteiger partial charge in [0.1, 0.15) is 12.2 Å². The first kappa shape index (κ1) is 21.6. The number of guanidine groups is 1. The molecule has 0 spiro atoms. The molecule has 2 rings (SSSR count). The van der Waals surface area contributed by atoms with Gasteiger partial charge in [-0.05, 0) is 41.6 Å². The third kappa shape index (κ3) is 7.21. The summed E-state index contributed by atoms with van der Waals surface area (Å²) in [5.41, 5.74) is 0. The van der Waals surface area contributed by atoms with Crippen molar-refractivity contribution in [3.63, 3.8) is 0 Å². The highest BCUT2D eigenvalue weighted by molar-refractivity contribution is 14.1. The highest BCUT2D eigenvalue weighted by Gasteiger charge is 2.02. The summed E-state index contributed by atoms with van der Waals surface area (Å²) in [6.07, 6.45) is 3.66. The molecule has 24 heavy (non-hydrogen) atoms. The van der Waals surface area contributed by atoms with E-state index < -0.39 is 0 Å². The Morgan fingerprint density at radius 2 is 2.17 bits per heavy atom. The van der Waals surface area contributed by atoms with Gasteiger partial charge in [-0.25, -0.2) is 0 Å². The Balaban J connectivity index is 0.00000288. The second-order valence-electron chi connectivity index (χ2n) is 4.94. The zero-order valence-electron chi connectivity index (χ0n) is 14.0. The van der Waals surface area contributed by atoms with Crippen molar-refractivity contribution in [2.24, 2.45) is 4.99 Å². The SMILES string of the molecule is CCNC(=NCCc1ccc(I)s1)NCCn1cnnc1CC.I. The zero-order chi connectivity index (χ0) is 16.5. The minimum atomic E-state index is 0. The average Bonchev–Trinajstić information content (AvgIpc) is 3.16. The smallest absolute Gasteiger partial charge is 0.191 e. The van der Waals surface area contributed by atoms with Crippen LogP contribution in [0, 0.1) is 2.88 Å². The minimum Gasteiger partial charge on any atom is -0.357 e. The molecule has 0 aromatic carbocycles. The van der Waals surface area contributed by atoms with Gasteiger partial charge in [0.15, 0.2) is 5.96 Å². The Bertz CT molecular complexity index is 625. The van der Waals surface area contributed by atoms with Gasteiger partial charge in [-0.1, -0.05) is 6.92 Å². The topological polar surface area (TPSA) is 67.1 Å². The maximum absolute atomic E-state index is 4.64. The van der Waals surface area contributed by atoms with Crippen LogP contribution in [-0.4, -0.2) is 40.4 Å². The van der Waals surface area contributed by atoms with Crippen LogP contribution in [0.5, 0.6) is 0 Å². The van der Waals surface area contributed by atoms with Crippen LogP contribution in [0.4, 0.5) is 0 Å². The van der Waals surface area contributed by atoms with Crippen molar-refractivity contribution in [3.8, 4) is 0 Å². The lowest BCUT2D eigenvalue weighted by atomic mass is 10.3. The number of aryl methyl sites for hydroxylation is 1. The molecule has 0 radical (unpaired) electrons. The molecule has 0 unspecified atom stereocenters. The van der Waals surface area contributed by atoms with Crippen LogP contribution in [0.15, 0.2) is 23.5 Å².